The summed E-state index contributed by atoms with van der Waals surface area (Å²) in [6, 6.07) is 11.9. The fourth-order valence-electron chi connectivity index (χ4n) is 7.80. The van der Waals surface area contributed by atoms with Gasteiger partial charge in [0.15, 0.2) is 0 Å². The van der Waals surface area contributed by atoms with Crippen molar-refractivity contribution in [2.24, 2.45) is 23.2 Å². The standard InChI is InChI=1S/C25H24O/c1-13-6-21-24-16-4-5-25(21,12-16)20-10-18-7-14-2-3-15(23(13)24)8-17(14)9-19(18)11-22(20)26/h2-3,7-9,13,16,20,23H,4-6,10-12H2,1H3. The van der Waals surface area contributed by atoms with E-state index in [1.54, 1.807) is 11.1 Å². The molecule has 1 fully saturated rings. The van der Waals surface area contributed by atoms with Gasteiger partial charge in [0.25, 0.3) is 0 Å². The predicted octanol–water partition coefficient (Wildman–Crippen LogP) is 5.36. The molecule has 1 heteroatoms. The predicted molar refractivity (Wildman–Crippen MR) is 103 cm³/mol. The average Bonchev–Trinajstić information content (AvgIpc) is 3.28. The second-order valence-corrected chi connectivity index (χ2v) is 9.82. The van der Waals surface area contributed by atoms with Gasteiger partial charge in [-0.2, -0.15) is 0 Å². The highest BCUT2D eigenvalue weighted by molar-refractivity contribution is 5.92. The van der Waals surface area contributed by atoms with Crippen LogP contribution in [0.15, 0.2) is 41.5 Å². The van der Waals surface area contributed by atoms with E-state index in [2.05, 4.69) is 37.3 Å². The highest BCUT2D eigenvalue weighted by atomic mass is 16.1. The van der Waals surface area contributed by atoms with Gasteiger partial charge in [-0.3, -0.25) is 4.79 Å². The number of allylic oxidation sites excluding steroid dienone is 2. The zero-order chi connectivity index (χ0) is 17.2. The molecule has 2 aromatic carbocycles. The molecule has 5 unspecified atom stereocenters. The highest BCUT2D eigenvalue weighted by Crippen LogP contribution is 2.69. The first-order valence-corrected chi connectivity index (χ1v) is 10.5. The Hall–Kier alpha value is -1.89. The molecule has 130 valence electrons. The number of carbonyl (C=O) groups is 1. The van der Waals surface area contributed by atoms with Crippen molar-refractivity contribution in [1.82, 2.24) is 0 Å². The quantitative estimate of drug-likeness (QED) is 0.590. The highest BCUT2D eigenvalue weighted by Gasteiger charge is 2.60. The summed E-state index contributed by atoms with van der Waals surface area (Å²) >= 11 is 0. The van der Waals surface area contributed by atoms with Crippen molar-refractivity contribution in [3.8, 4) is 0 Å². The lowest BCUT2D eigenvalue weighted by atomic mass is 9.62. The summed E-state index contributed by atoms with van der Waals surface area (Å²) in [6.07, 6.45) is 6.73. The van der Waals surface area contributed by atoms with Gasteiger partial charge < -0.3 is 0 Å². The van der Waals surface area contributed by atoms with Gasteiger partial charge in [-0.1, -0.05) is 48.4 Å². The van der Waals surface area contributed by atoms with Crippen LogP contribution in [0.3, 0.4) is 0 Å². The molecule has 8 aliphatic carbocycles. The molecule has 1 nitrogen and oxygen atoms in total. The first kappa shape index (κ1) is 14.2. The Kier molecular flexibility index (Phi) is 2.36. The van der Waals surface area contributed by atoms with Crippen molar-refractivity contribution in [3.63, 3.8) is 0 Å². The first-order valence-electron chi connectivity index (χ1n) is 10.5. The Labute approximate surface area is 154 Å². The van der Waals surface area contributed by atoms with E-state index in [0.717, 1.165) is 12.3 Å². The van der Waals surface area contributed by atoms with Crippen molar-refractivity contribution in [2.75, 3.05) is 0 Å². The van der Waals surface area contributed by atoms with Gasteiger partial charge in [0.2, 0.25) is 0 Å². The second-order valence-electron chi connectivity index (χ2n) is 9.82. The van der Waals surface area contributed by atoms with E-state index in [0.29, 0.717) is 24.0 Å². The van der Waals surface area contributed by atoms with Gasteiger partial charge in [-0.05, 0) is 71.4 Å². The largest absolute Gasteiger partial charge is 0.299 e. The number of benzene rings is 2. The van der Waals surface area contributed by atoms with Gasteiger partial charge >= 0.3 is 0 Å². The summed E-state index contributed by atoms with van der Waals surface area (Å²) in [5.74, 6) is 2.80. The average molecular weight is 340 g/mol. The van der Waals surface area contributed by atoms with Crippen molar-refractivity contribution < 1.29 is 4.79 Å². The Morgan fingerprint density at radius 2 is 1.92 bits per heavy atom. The number of fused-ring (bicyclic) bond motifs is 3. The van der Waals surface area contributed by atoms with Crippen molar-refractivity contribution in [1.29, 1.82) is 0 Å². The van der Waals surface area contributed by atoms with Crippen LogP contribution in [0.4, 0.5) is 0 Å². The Bertz CT molecular complexity index is 1060. The molecule has 0 radical (unpaired) electrons. The third-order valence-electron chi connectivity index (χ3n) is 8.76. The lowest BCUT2D eigenvalue weighted by molar-refractivity contribution is -0.126. The third-order valence-corrected chi connectivity index (χ3v) is 8.76. The summed E-state index contributed by atoms with van der Waals surface area (Å²) < 4.78 is 0. The molecule has 26 heavy (non-hydrogen) atoms. The number of Topliss-reactive ketones (excluding diaryl/α,β-unsaturated/α-hetero) is 1. The van der Waals surface area contributed by atoms with E-state index in [9.17, 15) is 4.79 Å². The molecule has 5 atom stereocenters. The van der Waals surface area contributed by atoms with Crippen molar-refractivity contribution in [2.45, 2.75) is 51.4 Å². The minimum Gasteiger partial charge on any atom is -0.299 e. The van der Waals surface area contributed by atoms with E-state index in [1.807, 2.05) is 0 Å². The van der Waals surface area contributed by atoms with Crippen molar-refractivity contribution in [3.05, 3.63) is 58.2 Å². The van der Waals surface area contributed by atoms with Gasteiger partial charge in [-0.15, -0.1) is 0 Å². The number of hydrogen-bond donors (Lipinski definition) is 0. The maximum atomic E-state index is 13.3. The number of hydrogen-bond acceptors (Lipinski definition) is 1. The molecular weight excluding hydrogens is 316 g/mol. The second kappa shape index (κ2) is 4.32. The molecule has 0 aliphatic heterocycles. The van der Waals surface area contributed by atoms with Gasteiger partial charge in [0.1, 0.15) is 5.78 Å². The van der Waals surface area contributed by atoms with Crippen LogP contribution >= 0.6 is 0 Å². The molecule has 10 rings (SSSR count). The molecule has 11 bridgehead atoms. The lowest BCUT2D eigenvalue weighted by Crippen LogP contribution is -2.39. The van der Waals surface area contributed by atoms with E-state index >= 15 is 0 Å². The minimum atomic E-state index is 0.212. The topological polar surface area (TPSA) is 17.1 Å². The molecule has 0 saturated heterocycles. The van der Waals surface area contributed by atoms with E-state index in [1.165, 1.54) is 53.1 Å². The van der Waals surface area contributed by atoms with Crippen LogP contribution < -0.4 is 0 Å². The third kappa shape index (κ3) is 1.46. The Morgan fingerprint density at radius 1 is 1.04 bits per heavy atom. The zero-order valence-corrected chi connectivity index (χ0v) is 15.3. The molecule has 0 N–H and O–H groups in total. The van der Waals surface area contributed by atoms with Crippen LogP contribution in [0.2, 0.25) is 0 Å². The number of rotatable bonds is 0. The number of carbonyl (C=O) groups excluding carboxylic acids is 1. The molecule has 2 aromatic rings. The molecular formula is C25H24O. The smallest absolute Gasteiger partial charge is 0.141 e. The van der Waals surface area contributed by atoms with Crippen LogP contribution in [0.25, 0.3) is 10.8 Å². The van der Waals surface area contributed by atoms with Gasteiger partial charge in [0.05, 0.1) is 0 Å². The first-order chi connectivity index (χ1) is 12.6. The summed E-state index contributed by atoms with van der Waals surface area (Å²) in [6.45, 7) is 2.45. The molecule has 0 aromatic heterocycles. The maximum absolute atomic E-state index is 13.3. The molecule has 1 saturated carbocycles. The van der Waals surface area contributed by atoms with Gasteiger partial charge in [0, 0.05) is 23.7 Å². The summed E-state index contributed by atoms with van der Waals surface area (Å²) in [7, 11) is 0. The Morgan fingerprint density at radius 3 is 2.85 bits per heavy atom. The zero-order valence-electron chi connectivity index (χ0n) is 15.3. The normalized spacial score (nSPS) is 38.9. The fourth-order valence-corrected chi connectivity index (χ4v) is 7.80. The van der Waals surface area contributed by atoms with Crippen molar-refractivity contribution >= 4 is 16.6 Å². The van der Waals surface area contributed by atoms with Crippen LogP contribution in [0.1, 0.15) is 55.2 Å². The molecule has 0 heterocycles. The summed E-state index contributed by atoms with van der Waals surface area (Å²) in [5.41, 5.74) is 8.00. The SMILES string of the molecule is CC1CC2=C3C4CCC2(C4)C2Cc4cc5ccc(cc5cc4CC2=O)C31. The van der Waals surface area contributed by atoms with Gasteiger partial charge in [-0.25, -0.2) is 0 Å². The van der Waals surface area contributed by atoms with Crippen LogP contribution in [0.5, 0.6) is 0 Å². The van der Waals surface area contributed by atoms with Crippen LogP contribution in [0, 0.1) is 23.2 Å². The van der Waals surface area contributed by atoms with E-state index in [-0.39, 0.29) is 11.3 Å². The fraction of sp³-hybridized carbons (Fsp3) is 0.480. The molecule has 1 spiro atoms. The van der Waals surface area contributed by atoms with E-state index in [4.69, 9.17) is 0 Å². The summed E-state index contributed by atoms with van der Waals surface area (Å²) in [4.78, 5) is 13.3. The number of ketones is 1. The molecule has 8 aliphatic rings. The minimum absolute atomic E-state index is 0.212. The molecule has 0 amide bonds. The van der Waals surface area contributed by atoms with Crippen LogP contribution in [-0.2, 0) is 17.6 Å². The maximum Gasteiger partial charge on any atom is 0.141 e. The monoisotopic (exact) mass is 340 g/mol. The lowest BCUT2D eigenvalue weighted by Gasteiger charge is -2.40. The van der Waals surface area contributed by atoms with E-state index < -0.39 is 0 Å². The summed E-state index contributed by atoms with van der Waals surface area (Å²) in [5, 5.41) is 2.70. The van der Waals surface area contributed by atoms with Crippen LogP contribution in [-0.4, -0.2) is 5.78 Å². The Balaban J connectivity index is 1.62.